The second-order valence-corrected chi connectivity index (χ2v) is 5.75. The molecule has 0 bridgehead atoms. The molecule has 0 heterocycles. The maximum absolute atomic E-state index is 14.1. The fourth-order valence-electron chi connectivity index (χ4n) is 2.46. The first-order valence-electron chi connectivity index (χ1n) is 6.53. The Morgan fingerprint density at radius 1 is 1.32 bits per heavy atom. The summed E-state index contributed by atoms with van der Waals surface area (Å²) < 4.78 is 14.3. The Morgan fingerprint density at radius 2 is 2.05 bits per heavy atom. The van der Waals surface area contributed by atoms with E-state index >= 15 is 0 Å². The lowest BCUT2D eigenvalue weighted by atomic mass is 10.0. The maximum Gasteiger partial charge on any atom is 0.161 e. The molecule has 3 N–H and O–H groups in total. The minimum absolute atomic E-state index is 0.0521. The Bertz CT molecular complexity index is 498. The van der Waals surface area contributed by atoms with Gasteiger partial charge >= 0.3 is 0 Å². The predicted molar refractivity (Wildman–Crippen MR) is 77.3 cm³/mol. The van der Waals surface area contributed by atoms with E-state index in [1.165, 1.54) is 6.42 Å². The molecular weight excluding hydrogens is 309 g/mol. The van der Waals surface area contributed by atoms with Crippen LogP contribution in [-0.2, 0) is 0 Å². The van der Waals surface area contributed by atoms with Gasteiger partial charge < -0.3 is 11.1 Å². The second-order valence-electron chi connectivity index (χ2n) is 4.95. The van der Waals surface area contributed by atoms with Gasteiger partial charge in [0.1, 0.15) is 6.07 Å². The van der Waals surface area contributed by atoms with Crippen LogP contribution >= 0.6 is 15.9 Å². The number of hydrogen-bond donors (Lipinski definition) is 2. The summed E-state index contributed by atoms with van der Waals surface area (Å²) in [6.07, 6.45) is 5.36. The zero-order valence-corrected chi connectivity index (χ0v) is 12.2. The van der Waals surface area contributed by atoms with Gasteiger partial charge in [0.25, 0.3) is 0 Å². The van der Waals surface area contributed by atoms with Crippen LogP contribution in [0.25, 0.3) is 0 Å². The molecule has 0 radical (unpaired) electrons. The Hall–Kier alpha value is -1.12. The molecule has 1 aromatic carbocycles. The number of nitrogens with one attached hydrogen (secondary N) is 1. The van der Waals surface area contributed by atoms with Gasteiger partial charge in [0.2, 0.25) is 0 Å². The predicted octanol–water partition coefficient (Wildman–Crippen LogP) is 3.53. The van der Waals surface area contributed by atoms with E-state index < -0.39 is 5.82 Å². The van der Waals surface area contributed by atoms with Gasteiger partial charge in [-0.25, -0.2) is 4.39 Å². The highest BCUT2D eigenvalue weighted by molar-refractivity contribution is 9.10. The van der Waals surface area contributed by atoms with Crippen molar-refractivity contribution in [2.45, 2.75) is 44.2 Å². The molecular formula is C14H17BrFN3. The minimum atomic E-state index is -0.421. The molecule has 2 atom stereocenters. The Morgan fingerprint density at radius 3 is 2.79 bits per heavy atom. The number of anilines is 1. The highest BCUT2D eigenvalue weighted by Crippen LogP contribution is 2.28. The van der Waals surface area contributed by atoms with Gasteiger partial charge in [0, 0.05) is 12.1 Å². The van der Waals surface area contributed by atoms with Crippen molar-refractivity contribution in [3.8, 4) is 6.07 Å². The standard InChI is InChI=1S/C14H17BrFN3/c15-13-9(8-17)6-7-12(14(13)16)19-11-5-3-1-2-4-10(11)18/h6-7,10-11,19H,1-5,18H2. The lowest BCUT2D eigenvalue weighted by molar-refractivity contribution is 0.523. The van der Waals surface area contributed by atoms with E-state index in [9.17, 15) is 4.39 Å². The molecule has 102 valence electrons. The first kappa shape index (κ1) is 14.3. The average molecular weight is 326 g/mol. The third-order valence-electron chi connectivity index (χ3n) is 3.61. The van der Waals surface area contributed by atoms with Crippen LogP contribution in [0.3, 0.4) is 0 Å². The molecule has 1 fully saturated rings. The van der Waals surface area contributed by atoms with E-state index in [2.05, 4.69) is 21.2 Å². The van der Waals surface area contributed by atoms with Crippen molar-refractivity contribution in [3.05, 3.63) is 28.0 Å². The first-order chi connectivity index (χ1) is 9.13. The van der Waals surface area contributed by atoms with Crippen LogP contribution in [0.5, 0.6) is 0 Å². The van der Waals surface area contributed by atoms with E-state index in [0.29, 0.717) is 11.3 Å². The molecule has 19 heavy (non-hydrogen) atoms. The highest BCUT2D eigenvalue weighted by atomic mass is 79.9. The van der Waals surface area contributed by atoms with Crippen LogP contribution in [0.4, 0.5) is 10.1 Å². The molecule has 0 spiro atoms. The van der Waals surface area contributed by atoms with Crippen LogP contribution in [0.1, 0.15) is 37.7 Å². The topological polar surface area (TPSA) is 61.8 Å². The Balaban J connectivity index is 2.19. The summed E-state index contributed by atoms with van der Waals surface area (Å²) in [6, 6.07) is 5.31. The van der Waals surface area contributed by atoms with Crippen LogP contribution in [0.2, 0.25) is 0 Å². The molecule has 0 aliphatic heterocycles. The van der Waals surface area contributed by atoms with E-state index in [-0.39, 0.29) is 16.6 Å². The zero-order valence-electron chi connectivity index (χ0n) is 10.6. The average Bonchev–Trinajstić information content (AvgIpc) is 2.61. The van der Waals surface area contributed by atoms with Gasteiger partial charge in [-0.3, -0.25) is 0 Å². The second kappa shape index (κ2) is 6.36. The summed E-state index contributed by atoms with van der Waals surface area (Å²) in [5, 5.41) is 12.0. The van der Waals surface area contributed by atoms with Gasteiger partial charge in [-0.05, 0) is 40.9 Å². The van der Waals surface area contributed by atoms with Crippen LogP contribution < -0.4 is 11.1 Å². The third kappa shape index (κ3) is 3.26. The number of nitrogens with zero attached hydrogens (tertiary/aromatic N) is 1. The van der Waals surface area contributed by atoms with Gasteiger partial charge in [-0.2, -0.15) is 5.26 Å². The molecule has 2 rings (SSSR count). The Labute approximate surface area is 121 Å². The summed E-state index contributed by atoms with van der Waals surface area (Å²) in [5.74, 6) is -0.421. The van der Waals surface area contributed by atoms with Crippen molar-refractivity contribution < 1.29 is 4.39 Å². The van der Waals surface area contributed by atoms with Crippen LogP contribution in [0, 0.1) is 17.1 Å². The molecule has 2 unspecified atom stereocenters. The molecule has 1 aliphatic carbocycles. The fourth-order valence-corrected chi connectivity index (χ4v) is 2.90. The van der Waals surface area contributed by atoms with E-state index in [1.807, 2.05) is 6.07 Å². The smallest absolute Gasteiger partial charge is 0.161 e. The normalized spacial score (nSPS) is 23.5. The third-order valence-corrected chi connectivity index (χ3v) is 4.39. The number of nitriles is 1. The SMILES string of the molecule is N#Cc1ccc(NC2CCCCCC2N)c(F)c1Br. The summed E-state index contributed by atoms with van der Waals surface area (Å²) in [6.45, 7) is 0. The number of rotatable bonds is 2. The van der Waals surface area contributed by atoms with Crippen molar-refractivity contribution in [1.82, 2.24) is 0 Å². The largest absolute Gasteiger partial charge is 0.378 e. The minimum Gasteiger partial charge on any atom is -0.378 e. The fraction of sp³-hybridized carbons (Fsp3) is 0.500. The van der Waals surface area contributed by atoms with Crippen molar-refractivity contribution in [3.63, 3.8) is 0 Å². The van der Waals surface area contributed by atoms with E-state index in [4.69, 9.17) is 11.0 Å². The van der Waals surface area contributed by atoms with Crippen molar-refractivity contribution >= 4 is 21.6 Å². The quantitative estimate of drug-likeness (QED) is 0.817. The van der Waals surface area contributed by atoms with Gasteiger partial charge in [-0.1, -0.05) is 19.3 Å². The molecule has 1 aliphatic rings. The summed E-state index contributed by atoms with van der Waals surface area (Å²) >= 11 is 3.12. The van der Waals surface area contributed by atoms with Crippen LogP contribution in [-0.4, -0.2) is 12.1 Å². The molecule has 0 amide bonds. The summed E-state index contributed by atoms with van der Waals surface area (Å²) in [5.41, 5.74) is 6.83. The maximum atomic E-state index is 14.1. The highest BCUT2D eigenvalue weighted by Gasteiger charge is 2.22. The monoisotopic (exact) mass is 325 g/mol. The zero-order chi connectivity index (χ0) is 13.8. The molecule has 0 saturated heterocycles. The van der Waals surface area contributed by atoms with Crippen molar-refractivity contribution in [1.29, 1.82) is 5.26 Å². The van der Waals surface area contributed by atoms with Gasteiger partial charge in [0.15, 0.2) is 5.82 Å². The van der Waals surface area contributed by atoms with Gasteiger partial charge in [0.05, 0.1) is 15.7 Å². The number of benzene rings is 1. The first-order valence-corrected chi connectivity index (χ1v) is 7.33. The molecule has 0 aromatic heterocycles. The van der Waals surface area contributed by atoms with E-state index in [0.717, 1.165) is 25.7 Å². The van der Waals surface area contributed by atoms with Crippen LogP contribution in [0.15, 0.2) is 16.6 Å². The molecule has 5 heteroatoms. The Kier molecular flexibility index (Phi) is 4.78. The molecule has 1 saturated carbocycles. The lowest BCUT2D eigenvalue weighted by Gasteiger charge is -2.24. The molecule has 3 nitrogen and oxygen atoms in total. The lowest BCUT2D eigenvalue weighted by Crippen LogP contribution is -2.39. The number of halogens is 2. The number of hydrogen-bond acceptors (Lipinski definition) is 3. The van der Waals surface area contributed by atoms with E-state index in [1.54, 1.807) is 12.1 Å². The van der Waals surface area contributed by atoms with Gasteiger partial charge in [-0.15, -0.1) is 0 Å². The summed E-state index contributed by atoms with van der Waals surface area (Å²) in [7, 11) is 0. The number of nitrogens with two attached hydrogens (primary N) is 1. The summed E-state index contributed by atoms with van der Waals surface area (Å²) in [4.78, 5) is 0. The van der Waals surface area contributed by atoms with Crippen molar-refractivity contribution in [2.75, 3.05) is 5.32 Å². The van der Waals surface area contributed by atoms with Crippen molar-refractivity contribution in [2.24, 2.45) is 5.73 Å². The molecule has 1 aromatic rings.